The second-order valence-corrected chi connectivity index (χ2v) is 9.22. The summed E-state index contributed by atoms with van der Waals surface area (Å²) in [7, 11) is -1.51. The Kier molecular flexibility index (Phi) is 6.50. The van der Waals surface area contributed by atoms with Crippen molar-refractivity contribution in [1.29, 1.82) is 0 Å². The van der Waals surface area contributed by atoms with Gasteiger partial charge >= 0.3 is 5.56 Å². The predicted molar refractivity (Wildman–Crippen MR) is 126 cm³/mol. The number of aryl methyl sites for hydroxylation is 1. The molecule has 2 aromatic carbocycles. The largest absolute Gasteiger partial charge is 0.448 e. The molecule has 0 bridgehead atoms. The summed E-state index contributed by atoms with van der Waals surface area (Å²) in [5.41, 5.74) is 4.36. The van der Waals surface area contributed by atoms with Gasteiger partial charge in [0.05, 0.1) is 16.6 Å². The van der Waals surface area contributed by atoms with Gasteiger partial charge in [0, 0.05) is 17.6 Å². The third-order valence-electron chi connectivity index (χ3n) is 4.72. The predicted octanol–water partition coefficient (Wildman–Crippen LogP) is 4.29. The van der Waals surface area contributed by atoms with E-state index < -0.39 is 22.2 Å². The van der Waals surface area contributed by atoms with Gasteiger partial charge in [-0.15, -0.1) is 0 Å². The number of fused-ring (bicyclic) bond motifs is 1. The Morgan fingerprint density at radius 3 is 2.58 bits per heavy atom. The first-order valence-electron chi connectivity index (χ1n) is 10.4. The third-order valence-corrected chi connectivity index (χ3v) is 5.92. The van der Waals surface area contributed by atoms with Crippen LogP contribution in [0.1, 0.15) is 25.0 Å². The number of aromatic nitrogens is 3. The zero-order valence-electron chi connectivity index (χ0n) is 18.4. The zero-order chi connectivity index (χ0) is 23.5. The van der Waals surface area contributed by atoms with Crippen LogP contribution in [0.15, 0.2) is 70.7 Å². The number of nitrogens with one attached hydrogen (secondary N) is 1. The lowest BCUT2D eigenvalue weighted by Gasteiger charge is -2.17. The smallest absolute Gasteiger partial charge is 0.313 e. The molecule has 0 spiro atoms. The van der Waals surface area contributed by atoms with E-state index >= 15 is 0 Å². The highest BCUT2D eigenvalue weighted by molar-refractivity contribution is 7.84. The van der Waals surface area contributed by atoms with Gasteiger partial charge in [0.15, 0.2) is 23.0 Å². The minimum atomic E-state index is -1.51. The van der Waals surface area contributed by atoms with Gasteiger partial charge in [-0.2, -0.15) is 0 Å². The van der Waals surface area contributed by atoms with Gasteiger partial charge < -0.3 is 10.2 Å². The molecule has 170 valence electrons. The summed E-state index contributed by atoms with van der Waals surface area (Å²) in [6.07, 6.45) is 1.48. The summed E-state index contributed by atoms with van der Waals surface area (Å²) in [5, 5.41) is 0.592. The number of ether oxygens (including phenoxy) is 1. The number of benzene rings is 2. The normalized spacial score (nSPS) is 12.2. The Bertz CT molecular complexity index is 1390. The van der Waals surface area contributed by atoms with Crippen molar-refractivity contribution >= 4 is 21.8 Å². The Morgan fingerprint density at radius 2 is 1.88 bits per heavy atom. The Balaban J connectivity index is 1.76. The van der Waals surface area contributed by atoms with E-state index in [0.29, 0.717) is 5.39 Å². The van der Waals surface area contributed by atoms with Crippen LogP contribution in [0.25, 0.3) is 11.0 Å². The lowest BCUT2D eigenvalue weighted by molar-refractivity contribution is 0.433. The molecule has 0 aliphatic rings. The summed E-state index contributed by atoms with van der Waals surface area (Å²) in [6, 6.07) is 15.2. The Morgan fingerprint density at radius 1 is 1.12 bits per heavy atom. The highest BCUT2D eigenvalue weighted by Gasteiger charge is 2.18. The molecule has 0 fully saturated rings. The molecule has 33 heavy (non-hydrogen) atoms. The van der Waals surface area contributed by atoms with E-state index in [4.69, 9.17) is 4.74 Å². The minimum absolute atomic E-state index is 0.0605. The van der Waals surface area contributed by atoms with Gasteiger partial charge in [-0.05, 0) is 50.1 Å². The molecule has 1 N–H and O–H groups in total. The van der Waals surface area contributed by atoms with Crippen LogP contribution >= 0.6 is 0 Å². The molecule has 2 aromatic heterocycles. The second-order valence-electron chi connectivity index (χ2n) is 7.88. The maximum absolute atomic E-state index is 14.3. The van der Waals surface area contributed by atoms with Crippen LogP contribution in [0.3, 0.4) is 0 Å². The molecule has 0 saturated carbocycles. The highest BCUT2D eigenvalue weighted by Crippen LogP contribution is 2.25. The first-order valence-corrected chi connectivity index (χ1v) is 11.7. The number of halogens is 1. The van der Waals surface area contributed by atoms with Crippen molar-refractivity contribution in [2.45, 2.75) is 37.7 Å². The molecular weight excluding hydrogens is 443 g/mol. The van der Waals surface area contributed by atoms with Crippen molar-refractivity contribution in [3.63, 3.8) is 0 Å². The van der Waals surface area contributed by atoms with Gasteiger partial charge in [-0.1, -0.05) is 36.4 Å². The average molecular weight is 467 g/mol. The number of rotatable bonds is 7. The molecule has 1 unspecified atom stereocenters. The molecule has 0 aliphatic heterocycles. The molecule has 0 saturated heterocycles. The van der Waals surface area contributed by atoms with Gasteiger partial charge in [-0.25, -0.2) is 19.0 Å². The lowest BCUT2D eigenvalue weighted by atomic mass is 10.2. The summed E-state index contributed by atoms with van der Waals surface area (Å²) in [6.45, 7) is 5.49. The van der Waals surface area contributed by atoms with Gasteiger partial charge in [0.2, 0.25) is 5.16 Å². The number of hydrogen-bond acceptors (Lipinski definition) is 6. The van der Waals surface area contributed by atoms with E-state index in [1.54, 1.807) is 13.0 Å². The maximum atomic E-state index is 14.3. The van der Waals surface area contributed by atoms with Crippen LogP contribution in [0.2, 0.25) is 0 Å². The van der Waals surface area contributed by atoms with Crippen molar-refractivity contribution in [1.82, 2.24) is 14.6 Å². The average Bonchev–Trinajstić information content (AvgIpc) is 2.78. The fraction of sp³-hybridized carbons (Fsp3) is 0.208. The monoisotopic (exact) mass is 466 g/mol. The molecule has 9 heteroatoms. The molecule has 0 radical (unpaired) electrons. The maximum Gasteiger partial charge on any atom is 0.313 e. The van der Waals surface area contributed by atoms with Crippen molar-refractivity contribution in [3.8, 4) is 11.5 Å². The zero-order valence-corrected chi connectivity index (χ0v) is 19.2. The molecule has 0 aliphatic carbocycles. The fourth-order valence-electron chi connectivity index (χ4n) is 3.21. The van der Waals surface area contributed by atoms with Crippen LogP contribution in [-0.4, -0.2) is 24.9 Å². The molecular formula is C24H23FN4O3S. The topological polar surface area (TPSA) is 86.1 Å². The van der Waals surface area contributed by atoms with E-state index in [0.717, 1.165) is 11.1 Å². The van der Waals surface area contributed by atoms with Gasteiger partial charge in [-0.3, -0.25) is 9.00 Å². The molecule has 1 atom stereocenters. The number of nitrogens with zero attached hydrogens (tertiary/aromatic N) is 3. The summed E-state index contributed by atoms with van der Waals surface area (Å²) in [5.74, 6) is -0.460. The SMILES string of the molecule is Cc1ccc(Oc2cc3cnc(S(=O)Cc4ccccc4)nc3n(NC(C)C)c2=O)c(F)c1. The summed E-state index contributed by atoms with van der Waals surface area (Å²) >= 11 is 0. The number of pyridine rings is 1. The third kappa shape index (κ3) is 5.09. The lowest BCUT2D eigenvalue weighted by Crippen LogP contribution is -2.34. The molecule has 4 aromatic rings. The van der Waals surface area contributed by atoms with Crippen LogP contribution < -0.4 is 15.7 Å². The molecule has 7 nitrogen and oxygen atoms in total. The first-order chi connectivity index (χ1) is 15.8. The van der Waals surface area contributed by atoms with E-state index in [9.17, 15) is 13.4 Å². The number of hydrogen-bond donors (Lipinski definition) is 1. The van der Waals surface area contributed by atoms with Gasteiger partial charge in [0.25, 0.3) is 0 Å². The fourth-order valence-corrected chi connectivity index (χ4v) is 4.20. The van der Waals surface area contributed by atoms with E-state index in [1.165, 1.54) is 29.1 Å². The molecule has 0 amide bonds. The Labute approximate surface area is 192 Å². The highest BCUT2D eigenvalue weighted by atomic mass is 32.2. The standard InChI is InChI=1S/C24H23FN4O3S/c1-15(2)28-29-22-18(12-21(23(29)30)32-20-10-9-16(3)11-19(20)25)13-26-24(27-22)33(31)14-17-7-5-4-6-8-17/h4-13,15,28H,14H2,1-3H3. The quantitative estimate of drug-likeness (QED) is 0.409. The molecule has 2 heterocycles. The van der Waals surface area contributed by atoms with E-state index in [2.05, 4.69) is 15.4 Å². The van der Waals surface area contributed by atoms with Crippen LogP contribution in [-0.2, 0) is 16.6 Å². The van der Waals surface area contributed by atoms with Crippen LogP contribution in [0.4, 0.5) is 4.39 Å². The van der Waals surface area contributed by atoms with Crippen molar-refractivity contribution in [2.24, 2.45) is 0 Å². The minimum Gasteiger partial charge on any atom is -0.448 e. The Hall–Kier alpha value is -3.59. The van der Waals surface area contributed by atoms with Crippen molar-refractivity contribution in [3.05, 3.63) is 88.1 Å². The van der Waals surface area contributed by atoms with Gasteiger partial charge in [0.1, 0.15) is 0 Å². The molecule has 4 rings (SSSR count). The van der Waals surface area contributed by atoms with E-state index in [-0.39, 0.29) is 34.1 Å². The first kappa shape index (κ1) is 22.6. The van der Waals surface area contributed by atoms with Crippen LogP contribution in [0, 0.1) is 12.7 Å². The van der Waals surface area contributed by atoms with Crippen molar-refractivity contribution < 1.29 is 13.3 Å². The van der Waals surface area contributed by atoms with Crippen molar-refractivity contribution in [2.75, 3.05) is 5.43 Å². The second kappa shape index (κ2) is 9.50. The summed E-state index contributed by atoms with van der Waals surface area (Å²) in [4.78, 5) is 21.9. The summed E-state index contributed by atoms with van der Waals surface area (Å²) < 4.78 is 34.0. The van der Waals surface area contributed by atoms with E-state index in [1.807, 2.05) is 44.2 Å². The van der Waals surface area contributed by atoms with Crippen LogP contribution in [0.5, 0.6) is 11.5 Å².